The fourth-order valence-electron chi connectivity index (χ4n) is 1.64. The van der Waals surface area contributed by atoms with E-state index < -0.39 is 0 Å². The number of anilines is 1. The summed E-state index contributed by atoms with van der Waals surface area (Å²) in [7, 11) is 0. The van der Waals surface area contributed by atoms with E-state index in [1.807, 2.05) is 36.4 Å². The van der Waals surface area contributed by atoms with Crippen LogP contribution in [0.25, 0.3) is 0 Å². The first kappa shape index (κ1) is 12.2. The molecule has 1 N–H and O–H groups in total. The van der Waals surface area contributed by atoms with Crippen molar-refractivity contribution < 1.29 is 9.53 Å². The number of benzene rings is 2. The van der Waals surface area contributed by atoms with E-state index in [0.29, 0.717) is 5.75 Å². The number of ether oxygens (including phenoxy) is 1. The van der Waals surface area contributed by atoms with Gasteiger partial charge in [0.15, 0.2) is 0 Å². The van der Waals surface area contributed by atoms with Crippen LogP contribution < -0.4 is 10.1 Å². The van der Waals surface area contributed by atoms with Gasteiger partial charge < -0.3 is 10.1 Å². The van der Waals surface area contributed by atoms with Crippen LogP contribution >= 0.6 is 0 Å². The van der Waals surface area contributed by atoms with Crippen LogP contribution in [0.3, 0.4) is 0 Å². The van der Waals surface area contributed by atoms with Gasteiger partial charge in [-0.15, -0.1) is 0 Å². The Morgan fingerprint density at radius 2 is 1.89 bits per heavy atom. The second-order valence-electron chi connectivity index (χ2n) is 3.96. The van der Waals surface area contributed by atoms with E-state index in [-0.39, 0.29) is 5.97 Å². The third-order valence-corrected chi connectivity index (χ3v) is 2.44. The largest absolute Gasteiger partial charge is 0.427 e. The molecule has 2 aromatic rings. The van der Waals surface area contributed by atoms with E-state index in [1.165, 1.54) is 12.5 Å². The second-order valence-corrected chi connectivity index (χ2v) is 3.96. The summed E-state index contributed by atoms with van der Waals surface area (Å²) in [4.78, 5) is 10.9. The molecular weight excluding hydrogens is 226 g/mol. The van der Waals surface area contributed by atoms with Crippen LogP contribution in [0.5, 0.6) is 5.75 Å². The van der Waals surface area contributed by atoms with E-state index in [0.717, 1.165) is 12.2 Å². The molecule has 2 rings (SSSR count). The highest BCUT2D eigenvalue weighted by atomic mass is 16.5. The molecule has 3 nitrogen and oxygen atoms in total. The van der Waals surface area contributed by atoms with Crippen molar-refractivity contribution in [1.29, 1.82) is 0 Å². The van der Waals surface area contributed by atoms with Crippen molar-refractivity contribution in [1.82, 2.24) is 0 Å². The molecule has 0 aliphatic carbocycles. The third kappa shape index (κ3) is 3.63. The van der Waals surface area contributed by atoms with Crippen LogP contribution in [0, 0.1) is 0 Å². The standard InChI is InChI=1S/C15H15NO2/c1-12(17)18-15-9-5-8-14(10-15)16-11-13-6-3-2-4-7-13/h2-10,16H,11H2,1H3. The predicted molar refractivity (Wildman–Crippen MR) is 71.5 cm³/mol. The van der Waals surface area contributed by atoms with Crippen LogP contribution in [0.4, 0.5) is 5.69 Å². The minimum Gasteiger partial charge on any atom is -0.427 e. The van der Waals surface area contributed by atoms with Gasteiger partial charge in [-0.2, -0.15) is 0 Å². The highest BCUT2D eigenvalue weighted by molar-refractivity contribution is 5.69. The van der Waals surface area contributed by atoms with Crippen molar-refractivity contribution >= 4 is 11.7 Å². The molecule has 3 heteroatoms. The molecule has 0 atom stereocenters. The van der Waals surface area contributed by atoms with Crippen LogP contribution in [0.15, 0.2) is 54.6 Å². The maximum Gasteiger partial charge on any atom is 0.308 e. The Bertz CT molecular complexity index is 523. The van der Waals surface area contributed by atoms with E-state index in [9.17, 15) is 4.79 Å². The molecule has 0 amide bonds. The van der Waals surface area contributed by atoms with E-state index in [1.54, 1.807) is 6.07 Å². The summed E-state index contributed by atoms with van der Waals surface area (Å²) >= 11 is 0. The average Bonchev–Trinajstić information content (AvgIpc) is 2.37. The number of hydrogen-bond acceptors (Lipinski definition) is 3. The lowest BCUT2D eigenvalue weighted by atomic mass is 10.2. The SMILES string of the molecule is CC(=O)Oc1cccc(NCc2ccccc2)c1. The highest BCUT2D eigenvalue weighted by Gasteiger charge is 1.99. The van der Waals surface area contributed by atoms with E-state index in [4.69, 9.17) is 4.74 Å². The van der Waals surface area contributed by atoms with Crippen LogP contribution in [0.2, 0.25) is 0 Å². The van der Waals surface area contributed by atoms with Crippen molar-refractivity contribution in [3.63, 3.8) is 0 Å². The van der Waals surface area contributed by atoms with Gasteiger partial charge in [0, 0.05) is 25.2 Å². The summed E-state index contributed by atoms with van der Waals surface area (Å²) in [6, 6.07) is 17.5. The fourth-order valence-corrected chi connectivity index (χ4v) is 1.64. The number of carbonyl (C=O) groups is 1. The van der Waals surface area contributed by atoms with Gasteiger partial charge >= 0.3 is 5.97 Å². The van der Waals surface area contributed by atoms with Crippen molar-refractivity contribution in [2.24, 2.45) is 0 Å². The Balaban J connectivity index is 1.99. The number of hydrogen-bond donors (Lipinski definition) is 1. The molecule has 0 radical (unpaired) electrons. The number of rotatable bonds is 4. The Labute approximate surface area is 106 Å². The minimum atomic E-state index is -0.310. The third-order valence-electron chi connectivity index (χ3n) is 2.44. The first-order valence-corrected chi connectivity index (χ1v) is 5.80. The van der Waals surface area contributed by atoms with Crippen LogP contribution in [0.1, 0.15) is 12.5 Å². The van der Waals surface area contributed by atoms with Gasteiger partial charge in [0.2, 0.25) is 0 Å². The normalized spacial score (nSPS) is 9.83. The molecule has 0 fully saturated rings. The molecule has 0 aliphatic heterocycles. The minimum absolute atomic E-state index is 0.310. The highest BCUT2D eigenvalue weighted by Crippen LogP contribution is 2.18. The summed E-state index contributed by atoms with van der Waals surface area (Å²) in [5, 5.41) is 3.28. The monoisotopic (exact) mass is 241 g/mol. The lowest BCUT2D eigenvalue weighted by molar-refractivity contribution is -0.131. The number of carbonyl (C=O) groups excluding carboxylic acids is 1. The van der Waals surface area contributed by atoms with Gasteiger partial charge in [0.25, 0.3) is 0 Å². The number of nitrogens with one attached hydrogen (secondary N) is 1. The fraction of sp³-hybridized carbons (Fsp3) is 0.133. The molecule has 0 aliphatic rings. The summed E-state index contributed by atoms with van der Waals surface area (Å²) in [6.07, 6.45) is 0. The maximum atomic E-state index is 10.9. The summed E-state index contributed by atoms with van der Waals surface area (Å²) in [5.41, 5.74) is 2.13. The van der Waals surface area contributed by atoms with Gasteiger partial charge in [0.1, 0.15) is 5.75 Å². The molecule has 0 bridgehead atoms. The zero-order chi connectivity index (χ0) is 12.8. The Morgan fingerprint density at radius 3 is 2.61 bits per heavy atom. The molecule has 0 saturated heterocycles. The van der Waals surface area contributed by atoms with Crippen molar-refractivity contribution in [2.75, 3.05) is 5.32 Å². The van der Waals surface area contributed by atoms with E-state index in [2.05, 4.69) is 17.4 Å². The first-order valence-electron chi connectivity index (χ1n) is 5.80. The summed E-state index contributed by atoms with van der Waals surface area (Å²) in [5.74, 6) is 0.246. The summed E-state index contributed by atoms with van der Waals surface area (Å²) in [6.45, 7) is 2.13. The van der Waals surface area contributed by atoms with E-state index >= 15 is 0 Å². The van der Waals surface area contributed by atoms with Crippen LogP contribution in [-0.4, -0.2) is 5.97 Å². The molecule has 92 valence electrons. The molecular formula is C15H15NO2. The Morgan fingerprint density at radius 1 is 1.11 bits per heavy atom. The van der Waals surface area contributed by atoms with Crippen molar-refractivity contribution in [3.8, 4) is 5.75 Å². The zero-order valence-electron chi connectivity index (χ0n) is 10.2. The average molecular weight is 241 g/mol. The number of esters is 1. The second kappa shape index (κ2) is 5.87. The molecule has 0 saturated carbocycles. The Kier molecular flexibility index (Phi) is 3.97. The maximum absolute atomic E-state index is 10.9. The smallest absolute Gasteiger partial charge is 0.308 e. The van der Waals surface area contributed by atoms with Gasteiger partial charge in [-0.1, -0.05) is 36.4 Å². The van der Waals surface area contributed by atoms with Gasteiger partial charge in [-0.25, -0.2) is 0 Å². The Hall–Kier alpha value is -2.29. The lowest BCUT2D eigenvalue weighted by Crippen LogP contribution is -2.03. The van der Waals surface area contributed by atoms with Gasteiger partial charge in [-0.3, -0.25) is 4.79 Å². The molecule has 0 unspecified atom stereocenters. The quantitative estimate of drug-likeness (QED) is 0.659. The van der Waals surface area contributed by atoms with Crippen molar-refractivity contribution in [3.05, 3.63) is 60.2 Å². The molecule has 2 aromatic carbocycles. The first-order chi connectivity index (χ1) is 8.74. The zero-order valence-corrected chi connectivity index (χ0v) is 10.2. The molecule has 0 aromatic heterocycles. The topological polar surface area (TPSA) is 38.3 Å². The van der Waals surface area contributed by atoms with Gasteiger partial charge in [0.05, 0.1) is 0 Å². The van der Waals surface area contributed by atoms with Crippen molar-refractivity contribution in [2.45, 2.75) is 13.5 Å². The summed E-state index contributed by atoms with van der Waals surface area (Å²) < 4.78 is 5.03. The molecule has 0 spiro atoms. The lowest BCUT2D eigenvalue weighted by Gasteiger charge is -2.08. The van der Waals surface area contributed by atoms with Crippen LogP contribution in [-0.2, 0) is 11.3 Å². The predicted octanol–water partition coefficient (Wildman–Crippen LogP) is 3.22. The van der Waals surface area contributed by atoms with Gasteiger partial charge in [-0.05, 0) is 17.7 Å². The molecule has 0 heterocycles. The molecule has 18 heavy (non-hydrogen) atoms.